The van der Waals surface area contributed by atoms with E-state index in [1.807, 2.05) is 0 Å². The van der Waals surface area contributed by atoms with Crippen molar-refractivity contribution in [2.24, 2.45) is 0 Å². The summed E-state index contributed by atoms with van der Waals surface area (Å²) in [6, 6.07) is 0.722. The number of likely N-dealkylation sites (N-methyl/N-ethyl adjacent to an activating group) is 2. The molecule has 2 nitrogen and oxygen atoms in total. The molecule has 0 fully saturated rings. The van der Waals surface area contributed by atoms with Crippen LogP contribution in [0.1, 0.15) is 26.7 Å². The maximum absolute atomic E-state index is 2.38. The molecule has 0 aromatic carbocycles. The molecule has 0 spiro atoms. The van der Waals surface area contributed by atoms with Gasteiger partial charge >= 0.3 is 0 Å². The van der Waals surface area contributed by atoms with E-state index in [4.69, 9.17) is 0 Å². The fraction of sp³-hybridized carbons (Fsp3) is 1.00. The van der Waals surface area contributed by atoms with Crippen molar-refractivity contribution in [1.82, 2.24) is 9.80 Å². The van der Waals surface area contributed by atoms with Gasteiger partial charge < -0.3 is 9.80 Å². The summed E-state index contributed by atoms with van der Waals surface area (Å²) in [5.74, 6) is 0. The van der Waals surface area contributed by atoms with Gasteiger partial charge in [0.15, 0.2) is 0 Å². The molecule has 1 atom stereocenters. The number of hydrogen-bond acceptors (Lipinski definition) is 2. The maximum atomic E-state index is 2.38. The van der Waals surface area contributed by atoms with Gasteiger partial charge in [0.2, 0.25) is 0 Å². The summed E-state index contributed by atoms with van der Waals surface area (Å²) >= 11 is 0. The predicted octanol–water partition coefficient (Wildman–Crippen LogP) is 1.67. The van der Waals surface area contributed by atoms with Gasteiger partial charge in [-0.05, 0) is 34.1 Å². The Balaban J connectivity index is 3.77. The van der Waals surface area contributed by atoms with Crippen molar-refractivity contribution >= 4 is 0 Å². The van der Waals surface area contributed by atoms with Crippen molar-refractivity contribution < 1.29 is 0 Å². The lowest BCUT2D eigenvalue weighted by Gasteiger charge is -2.28. The van der Waals surface area contributed by atoms with Crippen molar-refractivity contribution in [2.45, 2.75) is 32.7 Å². The van der Waals surface area contributed by atoms with Crippen molar-refractivity contribution in [2.75, 3.05) is 34.2 Å². The first-order valence-electron chi connectivity index (χ1n) is 4.96. The molecule has 0 N–H and O–H groups in total. The Bertz CT molecular complexity index is 102. The first-order chi connectivity index (χ1) is 5.61. The van der Waals surface area contributed by atoms with Crippen LogP contribution in [0.5, 0.6) is 0 Å². The fourth-order valence-corrected chi connectivity index (χ4v) is 1.33. The third-order valence-corrected chi connectivity index (χ3v) is 2.41. The molecule has 0 radical (unpaired) electrons. The Hall–Kier alpha value is -0.0800. The van der Waals surface area contributed by atoms with Crippen molar-refractivity contribution in [3.8, 4) is 0 Å². The normalized spacial score (nSPS) is 14.2. The molecule has 2 heteroatoms. The Morgan fingerprint density at radius 2 is 1.67 bits per heavy atom. The molecule has 12 heavy (non-hydrogen) atoms. The van der Waals surface area contributed by atoms with Gasteiger partial charge in [-0.15, -0.1) is 0 Å². The van der Waals surface area contributed by atoms with Gasteiger partial charge in [-0.1, -0.05) is 20.3 Å². The van der Waals surface area contributed by atoms with Crippen LogP contribution in [-0.2, 0) is 0 Å². The molecule has 0 bridgehead atoms. The van der Waals surface area contributed by atoms with E-state index in [9.17, 15) is 0 Å². The Morgan fingerprint density at radius 1 is 1.08 bits per heavy atom. The quantitative estimate of drug-likeness (QED) is 0.601. The van der Waals surface area contributed by atoms with E-state index in [0.717, 1.165) is 12.6 Å². The summed E-state index contributed by atoms with van der Waals surface area (Å²) in [5, 5.41) is 0. The topological polar surface area (TPSA) is 6.48 Å². The maximum Gasteiger partial charge on any atom is 0.0216 e. The zero-order chi connectivity index (χ0) is 9.56. The second-order valence-corrected chi connectivity index (χ2v) is 3.76. The van der Waals surface area contributed by atoms with E-state index >= 15 is 0 Å². The van der Waals surface area contributed by atoms with E-state index in [1.165, 1.54) is 19.4 Å². The van der Waals surface area contributed by atoms with E-state index in [1.54, 1.807) is 0 Å². The van der Waals surface area contributed by atoms with Crippen molar-refractivity contribution in [3.05, 3.63) is 0 Å². The third kappa shape index (κ3) is 4.73. The molecule has 0 rings (SSSR count). The molecule has 1 unspecified atom stereocenters. The standard InChI is InChI=1S/C10H24N2/c1-6-8-10(11(3)4)9-12(5)7-2/h10H,6-9H2,1-5H3. The second-order valence-electron chi connectivity index (χ2n) is 3.76. The summed E-state index contributed by atoms with van der Waals surface area (Å²) in [5.41, 5.74) is 0. The molecule has 0 aliphatic heterocycles. The first-order valence-corrected chi connectivity index (χ1v) is 4.96. The highest BCUT2D eigenvalue weighted by molar-refractivity contribution is 4.68. The molecular weight excluding hydrogens is 148 g/mol. The van der Waals surface area contributed by atoms with Crippen molar-refractivity contribution in [3.63, 3.8) is 0 Å². The number of hydrogen-bond donors (Lipinski definition) is 0. The third-order valence-electron chi connectivity index (χ3n) is 2.41. The summed E-state index contributed by atoms with van der Waals surface area (Å²) in [6.45, 7) is 6.80. The summed E-state index contributed by atoms with van der Waals surface area (Å²) in [4.78, 5) is 4.70. The Kier molecular flexibility index (Phi) is 6.39. The zero-order valence-electron chi connectivity index (χ0n) is 9.30. The van der Waals surface area contributed by atoms with Crippen LogP contribution in [0.4, 0.5) is 0 Å². The minimum absolute atomic E-state index is 0.722. The fourth-order valence-electron chi connectivity index (χ4n) is 1.33. The molecule has 0 aromatic heterocycles. The lowest BCUT2D eigenvalue weighted by molar-refractivity contribution is 0.202. The Labute approximate surface area is 77.5 Å². The number of rotatable bonds is 6. The molecule has 0 saturated heterocycles. The van der Waals surface area contributed by atoms with Crippen LogP contribution >= 0.6 is 0 Å². The molecule has 0 heterocycles. The summed E-state index contributed by atoms with van der Waals surface area (Å²) < 4.78 is 0. The van der Waals surface area contributed by atoms with Gasteiger partial charge in [-0.25, -0.2) is 0 Å². The first kappa shape index (κ1) is 11.9. The van der Waals surface area contributed by atoms with E-state index in [-0.39, 0.29) is 0 Å². The van der Waals surface area contributed by atoms with Gasteiger partial charge in [0.05, 0.1) is 0 Å². The van der Waals surface area contributed by atoms with Gasteiger partial charge in [-0.3, -0.25) is 0 Å². The smallest absolute Gasteiger partial charge is 0.0216 e. The van der Waals surface area contributed by atoms with Crippen LogP contribution in [0, 0.1) is 0 Å². The molecule has 0 aliphatic rings. The lowest BCUT2D eigenvalue weighted by atomic mass is 10.1. The number of nitrogens with zero attached hydrogens (tertiary/aromatic N) is 2. The average molecular weight is 172 g/mol. The largest absolute Gasteiger partial charge is 0.305 e. The molecule has 0 aromatic rings. The van der Waals surface area contributed by atoms with E-state index < -0.39 is 0 Å². The molecule has 0 saturated carbocycles. The van der Waals surface area contributed by atoms with Crippen LogP contribution in [-0.4, -0.2) is 50.1 Å². The van der Waals surface area contributed by atoms with E-state index in [0.29, 0.717) is 0 Å². The molecular formula is C10H24N2. The monoisotopic (exact) mass is 172 g/mol. The zero-order valence-corrected chi connectivity index (χ0v) is 9.30. The van der Waals surface area contributed by atoms with Crippen LogP contribution < -0.4 is 0 Å². The highest BCUT2D eigenvalue weighted by Crippen LogP contribution is 2.04. The SMILES string of the molecule is CCCC(CN(C)CC)N(C)C. The van der Waals surface area contributed by atoms with Gasteiger partial charge in [0.1, 0.15) is 0 Å². The average Bonchev–Trinajstić information content (AvgIpc) is 2.03. The van der Waals surface area contributed by atoms with Crippen LogP contribution in [0.3, 0.4) is 0 Å². The lowest BCUT2D eigenvalue weighted by Crippen LogP contribution is -2.38. The van der Waals surface area contributed by atoms with Crippen molar-refractivity contribution in [1.29, 1.82) is 0 Å². The molecule has 0 amide bonds. The molecule has 0 aliphatic carbocycles. The summed E-state index contributed by atoms with van der Waals surface area (Å²) in [6.07, 6.45) is 2.58. The minimum Gasteiger partial charge on any atom is -0.305 e. The van der Waals surface area contributed by atoms with Gasteiger partial charge in [0, 0.05) is 12.6 Å². The van der Waals surface area contributed by atoms with Crippen LogP contribution in [0.25, 0.3) is 0 Å². The van der Waals surface area contributed by atoms with Gasteiger partial charge in [-0.2, -0.15) is 0 Å². The van der Waals surface area contributed by atoms with Gasteiger partial charge in [0.25, 0.3) is 0 Å². The highest BCUT2D eigenvalue weighted by atomic mass is 15.2. The molecule has 74 valence electrons. The van der Waals surface area contributed by atoms with Crippen LogP contribution in [0.15, 0.2) is 0 Å². The van der Waals surface area contributed by atoms with E-state index in [2.05, 4.69) is 44.8 Å². The second kappa shape index (κ2) is 6.44. The highest BCUT2D eigenvalue weighted by Gasteiger charge is 2.11. The summed E-state index contributed by atoms with van der Waals surface area (Å²) in [7, 11) is 6.53. The predicted molar refractivity (Wildman–Crippen MR) is 55.6 cm³/mol. The Morgan fingerprint density at radius 3 is 2.00 bits per heavy atom. The van der Waals surface area contributed by atoms with Crippen LogP contribution in [0.2, 0.25) is 0 Å². The minimum atomic E-state index is 0.722.